The highest BCUT2D eigenvalue weighted by Gasteiger charge is 2.19. The Kier molecular flexibility index (Phi) is 1.72. The number of nitrogens with zero attached hydrogens (tertiary/aromatic N) is 1. The zero-order valence-corrected chi connectivity index (χ0v) is 7.69. The van der Waals surface area contributed by atoms with Gasteiger partial charge in [-0.1, -0.05) is 6.07 Å². The molecule has 0 bridgehead atoms. The summed E-state index contributed by atoms with van der Waals surface area (Å²) in [6.45, 7) is 4.09. The number of rotatable bonds is 1. The van der Waals surface area contributed by atoms with E-state index in [1.807, 2.05) is 24.5 Å². The van der Waals surface area contributed by atoms with E-state index in [4.69, 9.17) is 4.42 Å². The van der Waals surface area contributed by atoms with E-state index in [0.717, 1.165) is 5.52 Å². The lowest BCUT2D eigenvalue weighted by Crippen LogP contribution is -2.33. The van der Waals surface area contributed by atoms with E-state index < -0.39 is 0 Å². The van der Waals surface area contributed by atoms with E-state index in [1.54, 1.807) is 18.5 Å². The number of phenolic OH excluding ortho intramolecular Hbond substituents is 1. The molecule has 0 saturated carbocycles. The molecule has 0 amide bonds. The fourth-order valence-corrected chi connectivity index (χ4v) is 1.41. The molecule has 13 heavy (non-hydrogen) atoms. The quantitative estimate of drug-likeness (QED) is 0.678. The summed E-state index contributed by atoms with van der Waals surface area (Å²) in [6.07, 6.45) is 1.63. The lowest BCUT2D eigenvalue weighted by Gasteiger charge is -1.96. The van der Waals surface area contributed by atoms with Gasteiger partial charge in [-0.15, -0.1) is 0 Å². The van der Waals surface area contributed by atoms with Gasteiger partial charge in [0.1, 0.15) is 0 Å². The highest BCUT2D eigenvalue weighted by Crippen LogP contribution is 2.22. The fraction of sp³-hybridized carbons (Fsp3) is 0.300. The third-order valence-electron chi connectivity index (χ3n) is 2.09. The van der Waals surface area contributed by atoms with Crippen LogP contribution in [-0.2, 0) is 0 Å². The van der Waals surface area contributed by atoms with E-state index in [0.29, 0.717) is 5.58 Å². The molecule has 68 valence electrons. The molecule has 0 spiro atoms. The summed E-state index contributed by atoms with van der Waals surface area (Å²) in [4.78, 5) is 0. The summed E-state index contributed by atoms with van der Waals surface area (Å²) in [5.41, 5.74) is 1.48. The molecule has 0 unspecified atom stereocenters. The maximum absolute atomic E-state index is 9.61. The zero-order valence-electron chi connectivity index (χ0n) is 7.69. The summed E-state index contributed by atoms with van der Waals surface area (Å²) in [7, 11) is 0. The maximum Gasteiger partial charge on any atom is 0.335 e. The Bertz CT molecular complexity index is 431. The molecule has 1 aromatic carbocycles. The van der Waals surface area contributed by atoms with Crippen molar-refractivity contribution in [1.82, 2.24) is 0 Å². The summed E-state index contributed by atoms with van der Waals surface area (Å²) in [6, 6.07) is 5.56. The molecule has 0 radical (unpaired) electrons. The van der Waals surface area contributed by atoms with Crippen LogP contribution in [0.15, 0.2) is 29.0 Å². The highest BCUT2D eigenvalue weighted by atomic mass is 16.3. The molecule has 0 aliphatic heterocycles. The van der Waals surface area contributed by atoms with Gasteiger partial charge in [-0.2, -0.15) is 4.57 Å². The summed E-state index contributed by atoms with van der Waals surface area (Å²) < 4.78 is 7.20. The lowest BCUT2D eigenvalue weighted by molar-refractivity contribution is -0.696. The van der Waals surface area contributed by atoms with Crippen LogP contribution < -0.4 is 4.57 Å². The van der Waals surface area contributed by atoms with E-state index >= 15 is 0 Å². The number of oxazole rings is 1. The van der Waals surface area contributed by atoms with E-state index in [9.17, 15) is 5.11 Å². The van der Waals surface area contributed by atoms with Crippen molar-refractivity contribution in [2.45, 2.75) is 19.9 Å². The Morgan fingerprint density at radius 2 is 2.15 bits per heavy atom. The van der Waals surface area contributed by atoms with E-state index in [1.165, 1.54) is 0 Å². The maximum atomic E-state index is 9.61. The average Bonchev–Trinajstić information content (AvgIpc) is 2.49. The first-order valence-corrected chi connectivity index (χ1v) is 4.30. The Labute approximate surface area is 76.2 Å². The van der Waals surface area contributed by atoms with E-state index in [-0.39, 0.29) is 11.8 Å². The minimum atomic E-state index is 0.264. The molecule has 1 N–H and O–H groups in total. The van der Waals surface area contributed by atoms with Gasteiger partial charge in [0.05, 0.1) is 0 Å². The second-order valence-corrected chi connectivity index (χ2v) is 3.35. The molecule has 1 aromatic heterocycles. The molecular formula is C10H12NO2+. The van der Waals surface area contributed by atoms with Gasteiger partial charge < -0.3 is 9.52 Å². The van der Waals surface area contributed by atoms with Crippen LogP contribution in [0, 0.1) is 0 Å². The van der Waals surface area contributed by atoms with Crippen molar-refractivity contribution < 1.29 is 14.1 Å². The standard InChI is InChI=1S/C10H11NO2/c1-7(2)11-6-13-9-5-3-4-8(12)10(9)11/h3-7H,1-2H3/p+1. The molecule has 3 heteroatoms. The van der Waals surface area contributed by atoms with Gasteiger partial charge in [-0.3, -0.25) is 0 Å². The van der Waals surface area contributed by atoms with Gasteiger partial charge in [0.25, 0.3) is 5.52 Å². The van der Waals surface area contributed by atoms with Crippen LogP contribution in [0.3, 0.4) is 0 Å². The first-order valence-electron chi connectivity index (χ1n) is 4.30. The highest BCUT2D eigenvalue weighted by molar-refractivity contribution is 5.75. The zero-order chi connectivity index (χ0) is 9.42. The third kappa shape index (κ3) is 1.16. The minimum Gasteiger partial charge on any atom is -0.502 e. The van der Waals surface area contributed by atoms with Gasteiger partial charge >= 0.3 is 6.39 Å². The molecule has 2 aromatic rings. The van der Waals surface area contributed by atoms with Gasteiger partial charge in [0.2, 0.25) is 5.58 Å². The van der Waals surface area contributed by atoms with Gasteiger partial charge in [-0.05, 0) is 26.0 Å². The smallest absolute Gasteiger partial charge is 0.335 e. The molecule has 0 saturated heterocycles. The molecule has 3 nitrogen and oxygen atoms in total. The number of aromatic hydroxyl groups is 1. The van der Waals surface area contributed by atoms with Crippen molar-refractivity contribution >= 4 is 11.1 Å². The van der Waals surface area contributed by atoms with Crippen molar-refractivity contribution in [2.24, 2.45) is 0 Å². The number of phenols is 1. The Balaban J connectivity index is 2.79. The van der Waals surface area contributed by atoms with Crippen LogP contribution >= 0.6 is 0 Å². The number of para-hydroxylation sites is 1. The number of aromatic nitrogens is 1. The van der Waals surface area contributed by atoms with Crippen LogP contribution in [-0.4, -0.2) is 5.11 Å². The Morgan fingerprint density at radius 1 is 1.38 bits per heavy atom. The molecule has 0 aliphatic rings. The number of benzene rings is 1. The Hall–Kier alpha value is -1.51. The second-order valence-electron chi connectivity index (χ2n) is 3.35. The van der Waals surface area contributed by atoms with Crippen LogP contribution in [0.5, 0.6) is 5.75 Å². The lowest BCUT2D eigenvalue weighted by atomic mass is 10.3. The van der Waals surface area contributed by atoms with Crippen molar-refractivity contribution in [3.05, 3.63) is 24.6 Å². The summed E-state index contributed by atoms with van der Waals surface area (Å²) in [5, 5.41) is 9.61. The van der Waals surface area contributed by atoms with Gasteiger partial charge in [0, 0.05) is 0 Å². The first kappa shape index (κ1) is 8.10. The fourth-order valence-electron chi connectivity index (χ4n) is 1.41. The summed E-state index contributed by atoms with van der Waals surface area (Å²) in [5.74, 6) is 0.264. The predicted molar refractivity (Wildman–Crippen MR) is 48.5 cm³/mol. The molecular weight excluding hydrogens is 166 g/mol. The average molecular weight is 178 g/mol. The molecule has 2 rings (SSSR count). The van der Waals surface area contributed by atoms with Crippen molar-refractivity contribution in [3.8, 4) is 5.75 Å². The van der Waals surface area contributed by atoms with Crippen LogP contribution in [0.2, 0.25) is 0 Å². The van der Waals surface area contributed by atoms with Crippen LogP contribution in [0.1, 0.15) is 19.9 Å². The number of fused-ring (bicyclic) bond motifs is 1. The van der Waals surface area contributed by atoms with Gasteiger partial charge in [0.15, 0.2) is 11.8 Å². The largest absolute Gasteiger partial charge is 0.502 e. The molecule has 0 atom stereocenters. The van der Waals surface area contributed by atoms with E-state index in [2.05, 4.69) is 0 Å². The monoisotopic (exact) mass is 178 g/mol. The van der Waals surface area contributed by atoms with Gasteiger partial charge in [-0.25, -0.2) is 0 Å². The van der Waals surface area contributed by atoms with Crippen LogP contribution in [0.25, 0.3) is 11.1 Å². The summed E-state index contributed by atoms with van der Waals surface area (Å²) >= 11 is 0. The van der Waals surface area contributed by atoms with Crippen molar-refractivity contribution in [2.75, 3.05) is 0 Å². The normalized spacial score (nSPS) is 11.3. The van der Waals surface area contributed by atoms with Crippen LogP contribution in [0.4, 0.5) is 0 Å². The molecule has 1 heterocycles. The topological polar surface area (TPSA) is 37.2 Å². The number of hydrogen-bond acceptors (Lipinski definition) is 2. The predicted octanol–water partition coefficient (Wildman–Crippen LogP) is 2.01. The minimum absolute atomic E-state index is 0.264. The second kappa shape index (κ2) is 2.76. The molecule has 0 aliphatic carbocycles. The SMILES string of the molecule is CC(C)[n+]1coc2cccc(O)c21. The molecule has 0 fully saturated rings. The third-order valence-corrected chi connectivity index (χ3v) is 2.09. The Morgan fingerprint density at radius 3 is 2.85 bits per heavy atom. The van der Waals surface area contributed by atoms with Crippen molar-refractivity contribution in [1.29, 1.82) is 0 Å². The number of hydrogen-bond donors (Lipinski definition) is 1. The van der Waals surface area contributed by atoms with Crippen molar-refractivity contribution in [3.63, 3.8) is 0 Å². The first-order chi connectivity index (χ1) is 6.20.